The average molecular weight is 257 g/mol. The fraction of sp³-hybridized carbons (Fsp3) is 0.667. The van der Waals surface area contributed by atoms with Gasteiger partial charge in [0.25, 0.3) is 6.43 Å². The molecule has 1 heterocycles. The molecule has 1 aromatic rings. The zero-order chi connectivity index (χ0) is 13.2. The smallest absolute Gasteiger partial charge is 0.280 e. The third-order valence-corrected chi connectivity index (χ3v) is 3.43. The van der Waals surface area contributed by atoms with Crippen LogP contribution in [0.2, 0.25) is 0 Å². The monoisotopic (exact) mass is 257 g/mol. The van der Waals surface area contributed by atoms with Crippen LogP contribution in [-0.4, -0.2) is 24.1 Å². The number of aromatic nitrogens is 2. The minimum atomic E-state index is -2.59. The maximum Gasteiger partial charge on any atom is 0.280 e. The molecule has 1 N–H and O–H groups in total. The van der Waals surface area contributed by atoms with E-state index in [1.807, 2.05) is 0 Å². The molecule has 0 spiro atoms. The summed E-state index contributed by atoms with van der Waals surface area (Å²) in [5.41, 5.74) is -0.318. The number of nitrogens with one attached hydrogen (secondary N) is 1. The van der Waals surface area contributed by atoms with E-state index in [9.17, 15) is 8.78 Å². The Morgan fingerprint density at radius 3 is 2.67 bits per heavy atom. The van der Waals surface area contributed by atoms with Crippen molar-refractivity contribution in [1.29, 1.82) is 0 Å². The number of alkyl halides is 2. The van der Waals surface area contributed by atoms with Gasteiger partial charge >= 0.3 is 0 Å². The topological polar surface area (TPSA) is 47.0 Å². The Labute approximate surface area is 105 Å². The maximum absolute atomic E-state index is 13.0. The first kappa shape index (κ1) is 13.3. The summed E-state index contributed by atoms with van der Waals surface area (Å²) >= 11 is 0. The Bertz CT molecular complexity index is 416. The highest BCUT2D eigenvalue weighted by molar-refractivity contribution is 5.21. The highest BCUT2D eigenvalue weighted by atomic mass is 19.3. The summed E-state index contributed by atoms with van der Waals surface area (Å²) in [5, 5.41) is 2.83. The summed E-state index contributed by atoms with van der Waals surface area (Å²) in [6.45, 7) is 0.333. The zero-order valence-corrected chi connectivity index (χ0v) is 10.5. The lowest BCUT2D eigenvalue weighted by atomic mass is 9.79. The second-order valence-corrected chi connectivity index (χ2v) is 4.49. The van der Waals surface area contributed by atoms with Gasteiger partial charge in [-0.1, -0.05) is 0 Å². The van der Waals surface area contributed by atoms with Crippen molar-refractivity contribution < 1.29 is 13.5 Å². The molecule has 0 unspecified atom stereocenters. The van der Waals surface area contributed by atoms with Gasteiger partial charge in [0.2, 0.25) is 0 Å². The minimum Gasteiger partial charge on any atom is -0.370 e. The molecule has 0 amide bonds. The molecular weight excluding hydrogens is 240 g/mol. The van der Waals surface area contributed by atoms with Gasteiger partial charge < -0.3 is 10.1 Å². The van der Waals surface area contributed by atoms with Crippen LogP contribution in [0, 0.1) is 0 Å². The average Bonchev–Trinajstić information content (AvgIpc) is 2.30. The quantitative estimate of drug-likeness (QED) is 0.878. The zero-order valence-electron chi connectivity index (χ0n) is 10.5. The van der Waals surface area contributed by atoms with Gasteiger partial charge in [-0.15, -0.1) is 0 Å². The van der Waals surface area contributed by atoms with Crippen molar-refractivity contribution in [2.45, 2.75) is 37.8 Å². The predicted molar refractivity (Wildman–Crippen MR) is 62.3 cm³/mol. The van der Waals surface area contributed by atoms with Gasteiger partial charge in [-0.3, -0.25) is 0 Å². The van der Waals surface area contributed by atoms with Gasteiger partial charge in [0.05, 0.1) is 0 Å². The van der Waals surface area contributed by atoms with Crippen molar-refractivity contribution in [1.82, 2.24) is 15.3 Å². The van der Waals surface area contributed by atoms with Crippen molar-refractivity contribution in [2.24, 2.45) is 0 Å². The lowest BCUT2D eigenvalue weighted by Crippen LogP contribution is -2.38. The normalized spacial score (nSPS) is 17.8. The molecule has 0 bridgehead atoms. The van der Waals surface area contributed by atoms with Crippen molar-refractivity contribution in [3.63, 3.8) is 0 Å². The lowest BCUT2D eigenvalue weighted by molar-refractivity contribution is -0.0851. The third-order valence-electron chi connectivity index (χ3n) is 3.43. The van der Waals surface area contributed by atoms with Crippen molar-refractivity contribution in [3.8, 4) is 0 Å². The molecule has 0 radical (unpaired) electrons. The SMILES string of the molecule is CNCc1cnc(C2(OC)CCC2)nc1C(F)F. The van der Waals surface area contributed by atoms with E-state index in [4.69, 9.17) is 4.74 Å². The van der Waals surface area contributed by atoms with Crippen molar-refractivity contribution in [2.75, 3.05) is 14.2 Å². The van der Waals surface area contributed by atoms with Gasteiger partial charge in [0, 0.05) is 25.4 Å². The molecule has 6 heteroatoms. The standard InChI is InChI=1S/C12H17F2N3O/c1-15-6-8-7-16-11(17-9(8)10(13)14)12(18-2)4-3-5-12/h7,10,15H,3-6H2,1-2H3. The third kappa shape index (κ3) is 2.22. The molecule has 2 rings (SSSR count). The molecule has 1 aromatic heterocycles. The van der Waals surface area contributed by atoms with Crippen LogP contribution in [0.1, 0.15) is 42.8 Å². The Morgan fingerprint density at radius 1 is 1.50 bits per heavy atom. The maximum atomic E-state index is 13.0. The summed E-state index contributed by atoms with van der Waals surface area (Å²) in [7, 11) is 3.28. The number of hydrogen-bond acceptors (Lipinski definition) is 4. The number of methoxy groups -OCH3 is 1. The molecule has 1 saturated carbocycles. The summed E-state index contributed by atoms with van der Waals surface area (Å²) in [5.74, 6) is 0.381. The highest BCUT2D eigenvalue weighted by Gasteiger charge is 2.42. The van der Waals surface area contributed by atoms with Crippen LogP contribution in [0.15, 0.2) is 6.20 Å². The molecule has 4 nitrogen and oxygen atoms in total. The van der Waals surface area contributed by atoms with E-state index in [1.165, 1.54) is 6.20 Å². The largest absolute Gasteiger partial charge is 0.370 e. The van der Waals surface area contributed by atoms with Gasteiger partial charge in [-0.2, -0.15) is 0 Å². The first-order chi connectivity index (χ1) is 8.63. The Balaban J connectivity index is 2.36. The van der Waals surface area contributed by atoms with Crippen LogP contribution in [0.4, 0.5) is 8.78 Å². The summed E-state index contributed by atoms with van der Waals surface area (Å²) in [4.78, 5) is 8.23. The van der Waals surface area contributed by atoms with Gasteiger partial charge in [0.1, 0.15) is 11.3 Å². The van der Waals surface area contributed by atoms with Crippen LogP contribution in [-0.2, 0) is 16.9 Å². The molecule has 100 valence electrons. The van der Waals surface area contributed by atoms with E-state index in [0.29, 0.717) is 17.9 Å². The molecule has 1 aliphatic rings. The minimum absolute atomic E-state index is 0.197. The van der Waals surface area contributed by atoms with Crippen LogP contribution < -0.4 is 5.32 Å². The van der Waals surface area contributed by atoms with Crippen molar-refractivity contribution in [3.05, 3.63) is 23.3 Å². The van der Waals surface area contributed by atoms with E-state index in [1.54, 1.807) is 14.2 Å². The molecule has 0 aromatic carbocycles. The highest BCUT2D eigenvalue weighted by Crippen LogP contribution is 2.42. The lowest BCUT2D eigenvalue weighted by Gasteiger charge is -2.38. The number of nitrogens with zero attached hydrogens (tertiary/aromatic N) is 2. The summed E-state index contributed by atoms with van der Waals surface area (Å²) in [6, 6.07) is 0. The van der Waals surface area contributed by atoms with Gasteiger partial charge in [-0.25, -0.2) is 18.7 Å². The fourth-order valence-electron chi connectivity index (χ4n) is 2.17. The predicted octanol–water partition coefficient (Wildman–Crippen LogP) is 2.16. The Kier molecular flexibility index (Phi) is 3.87. The van der Waals surface area contributed by atoms with Crippen LogP contribution >= 0.6 is 0 Å². The number of halogens is 2. The second kappa shape index (κ2) is 5.24. The molecule has 0 aliphatic heterocycles. The molecule has 1 aliphatic carbocycles. The van der Waals surface area contributed by atoms with Gasteiger partial charge in [0.15, 0.2) is 5.82 Å². The first-order valence-corrected chi connectivity index (χ1v) is 5.97. The first-order valence-electron chi connectivity index (χ1n) is 5.97. The van der Waals surface area contributed by atoms with E-state index in [2.05, 4.69) is 15.3 Å². The van der Waals surface area contributed by atoms with E-state index >= 15 is 0 Å². The van der Waals surface area contributed by atoms with Gasteiger partial charge in [-0.05, 0) is 26.3 Å². The second-order valence-electron chi connectivity index (χ2n) is 4.49. The molecule has 0 saturated heterocycles. The molecule has 0 atom stereocenters. The van der Waals surface area contributed by atoms with Crippen molar-refractivity contribution >= 4 is 0 Å². The Morgan fingerprint density at radius 2 is 2.22 bits per heavy atom. The Hall–Kier alpha value is -1.14. The summed E-state index contributed by atoms with van der Waals surface area (Å²) in [6.07, 6.45) is 1.47. The summed E-state index contributed by atoms with van der Waals surface area (Å²) < 4.78 is 31.4. The van der Waals surface area contributed by atoms with Crippen LogP contribution in [0.25, 0.3) is 0 Å². The molecule has 1 fully saturated rings. The molecule has 18 heavy (non-hydrogen) atoms. The van der Waals surface area contributed by atoms with Crippen LogP contribution in [0.5, 0.6) is 0 Å². The number of hydrogen-bond donors (Lipinski definition) is 1. The van der Waals surface area contributed by atoms with E-state index in [0.717, 1.165) is 19.3 Å². The fourth-order valence-corrected chi connectivity index (χ4v) is 2.17. The van der Waals surface area contributed by atoms with E-state index in [-0.39, 0.29) is 5.69 Å². The van der Waals surface area contributed by atoms with E-state index < -0.39 is 12.0 Å². The number of rotatable bonds is 5. The molecular formula is C12H17F2N3O. The van der Waals surface area contributed by atoms with Crippen LogP contribution in [0.3, 0.4) is 0 Å². The number of ether oxygens (including phenoxy) is 1.